The lowest BCUT2D eigenvalue weighted by molar-refractivity contribution is 0.0472. The predicted octanol–water partition coefficient (Wildman–Crippen LogP) is 4.13. The van der Waals surface area contributed by atoms with Crippen LogP contribution in [0.15, 0.2) is 53.5 Å². The van der Waals surface area contributed by atoms with Gasteiger partial charge in [0.1, 0.15) is 24.1 Å². The van der Waals surface area contributed by atoms with Gasteiger partial charge in [-0.25, -0.2) is 14.8 Å². The van der Waals surface area contributed by atoms with Crippen molar-refractivity contribution in [2.75, 3.05) is 0 Å². The number of ether oxygens (including phenoxy) is 2. The number of thiazole rings is 1. The van der Waals surface area contributed by atoms with Crippen molar-refractivity contribution in [1.82, 2.24) is 9.97 Å². The Labute approximate surface area is 147 Å². The number of rotatable bonds is 6. The summed E-state index contributed by atoms with van der Waals surface area (Å²) in [6, 6.07) is 10.3. The van der Waals surface area contributed by atoms with Crippen LogP contribution in [-0.2, 0) is 18.0 Å². The highest BCUT2D eigenvalue weighted by Crippen LogP contribution is 2.17. The minimum Gasteiger partial charge on any atom is -0.487 e. The quantitative estimate of drug-likeness (QED) is 0.488. The van der Waals surface area contributed by atoms with Crippen LogP contribution in [0.4, 0.5) is 0 Å². The molecule has 0 aliphatic rings. The monoisotopic (exact) mass is 360 g/mol. The fraction of sp³-hybridized carbons (Fsp3) is 0.118. The van der Waals surface area contributed by atoms with E-state index in [0.29, 0.717) is 23.1 Å². The average molecular weight is 361 g/mol. The predicted molar refractivity (Wildman–Crippen MR) is 91.3 cm³/mol. The first-order valence-electron chi connectivity index (χ1n) is 7.08. The molecule has 0 amide bonds. The van der Waals surface area contributed by atoms with E-state index in [4.69, 9.17) is 21.1 Å². The molecule has 122 valence electrons. The summed E-state index contributed by atoms with van der Waals surface area (Å²) in [5.74, 6) is 0.162. The van der Waals surface area contributed by atoms with E-state index in [-0.39, 0.29) is 6.61 Å². The van der Waals surface area contributed by atoms with Gasteiger partial charge in [0.2, 0.25) is 0 Å². The number of carbonyl (C=O) groups excluding carboxylic acids is 1. The van der Waals surface area contributed by atoms with Crippen molar-refractivity contribution in [1.29, 1.82) is 0 Å². The Hall–Kier alpha value is -2.44. The van der Waals surface area contributed by atoms with Crippen LogP contribution in [0.25, 0.3) is 0 Å². The molecule has 0 N–H and O–H groups in total. The molecule has 0 fully saturated rings. The normalized spacial score (nSPS) is 10.4. The lowest BCUT2D eigenvalue weighted by Crippen LogP contribution is -2.06. The maximum Gasteiger partial charge on any atom is 0.338 e. The number of hydrogen-bond acceptors (Lipinski definition) is 6. The number of carbonyl (C=O) groups is 1. The van der Waals surface area contributed by atoms with E-state index in [2.05, 4.69) is 9.97 Å². The zero-order chi connectivity index (χ0) is 16.8. The summed E-state index contributed by atoms with van der Waals surface area (Å²) in [6.07, 6.45) is 1.57. The zero-order valence-electron chi connectivity index (χ0n) is 12.5. The molecule has 0 aliphatic carbocycles. The second kappa shape index (κ2) is 7.90. The van der Waals surface area contributed by atoms with Crippen LogP contribution in [-0.4, -0.2) is 15.9 Å². The average Bonchev–Trinajstić information content (AvgIpc) is 3.13. The molecule has 0 bridgehead atoms. The van der Waals surface area contributed by atoms with Crippen molar-refractivity contribution >= 4 is 28.9 Å². The Kier molecular flexibility index (Phi) is 5.40. The topological polar surface area (TPSA) is 61.3 Å². The molecule has 0 spiro atoms. The molecule has 0 atom stereocenters. The molecule has 7 heteroatoms. The van der Waals surface area contributed by atoms with Gasteiger partial charge in [-0.15, -0.1) is 11.3 Å². The number of pyridine rings is 1. The maximum atomic E-state index is 12.1. The summed E-state index contributed by atoms with van der Waals surface area (Å²) < 4.78 is 10.9. The van der Waals surface area contributed by atoms with Crippen LogP contribution in [0.2, 0.25) is 5.15 Å². The first kappa shape index (κ1) is 16.4. The standard InChI is InChI=1S/C17H13ClN2O3S/c18-16-5-4-12(7-19-16)8-23-17(21)13-2-1-3-15(6-13)22-9-14-10-24-11-20-14/h1-7,10-11H,8-9H2. The summed E-state index contributed by atoms with van der Waals surface area (Å²) in [5, 5.41) is 2.31. The molecule has 5 nitrogen and oxygen atoms in total. The summed E-state index contributed by atoms with van der Waals surface area (Å²) in [4.78, 5) is 20.2. The van der Waals surface area contributed by atoms with E-state index in [1.807, 2.05) is 5.38 Å². The molecule has 0 radical (unpaired) electrons. The fourth-order valence-electron chi connectivity index (χ4n) is 1.90. The van der Waals surface area contributed by atoms with Gasteiger partial charge in [0, 0.05) is 17.1 Å². The second-order valence-electron chi connectivity index (χ2n) is 4.86. The summed E-state index contributed by atoms with van der Waals surface area (Å²) in [7, 11) is 0. The maximum absolute atomic E-state index is 12.1. The minimum absolute atomic E-state index is 0.132. The lowest BCUT2D eigenvalue weighted by atomic mass is 10.2. The number of nitrogens with zero attached hydrogens (tertiary/aromatic N) is 2. The Bertz CT molecular complexity index is 807. The number of aromatic nitrogens is 2. The first-order chi connectivity index (χ1) is 11.7. The van der Waals surface area contributed by atoms with Crippen molar-refractivity contribution in [2.45, 2.75) is 13.2 Å². The van der Waals surface area contributed by atoms with Gasteiger partial charge < -0.3 is 9.47 Å². The smallest absolute Gasteiger partial charge is 0.338 e. The van der Waals surface area contributed by atoms with Crippen molar-refractivity contribution < 1.29 is 14.3 Å². The lowest BCUT2D eigenvalue weighted by Gasteiger charge is -2.08. The van der Waals surface area contributed by atoms with Crippen LogP contribution in [0, 0.1) is 0 Å². The van der Waals surface area contributed by atoms with Crippen molar-refractivity contribution in [3.8, 4) is 5.75 Å². The Morgan fingerprint density at radius 1 is 1.17 bits per heavy atom. The van der Waals surface area contributed by atoms with Gasteiger partial charge in [0.05, 0.1) is 16.8 Å². The molecule has 0 saturated carbocycles. The van der Waals surface area contributed by atoms with E-state index < -0.39 is 5.97 Å². The highest BCUT2D eigenvalue weighted by molar-refractivity contribution is 7.07. The number of benzene rings is 1. The molecular formula is C17H13ClN2O3S. The summed E-state index contributed by atoms with van der Waals surface area (Å²) in [6.45, 7) is 0.491. The van der Waals surface area contributed by atoms with E-state index >= 15 is 0 Å². The fourth-order valence-corrected chi connectivity index (χ4v) is 2.56. The molecule has 2 heterocycles. The van der Waals surface area contributed by atoms with E-state index in [1.54, 1.807) is 48.1 Å². The van der Waals surface area contributed by atoms with Crippen molar-refractivity contribution in [3.63, 3.8) is 0 Å². The molecule has 3 aromatic rings. The summed E-state index contributed by atoms with van der Waals surface area (Å²) in [5.41, 5.74) is 3.79. The highest BCUT2D eigenvalue weighted by atomic mass is 35.5. The number of halogens is 1. The van der Waals surface area contributed by atoms with Crippen molar-refractivity contribution in [3.05, 3.63) is 75.5 Å². The molecule has 24 heavy (non-hydrogen) atoms. The van der Waals surface area contributed by atoms with Gasteiger partial charge in [-0.05, 0) is 24.3 Å². The third-order valence-electron chi connectivity index (χ3n) is 3.10. The summed E-state index contributed by atoms with van der Waals surface area (Å²) >= 11 is 7.23. The van der Waals surface area contributed by atoms with Gasteiger partial charge in [0.15, 0.2) is 0 Å². The van der Waals surface area contributed by atoms with Crippen LogP contribution < -0.4 is 4.74 Å². The van der Waals surface area contributed by atoms with Crippen LogP contribution in [0.3, 0.4) is 0 Å². The van der Waals surface area contributed by atoms with Gasteiger partial charge in [0.25, 0.3) is 0 Å². The minimum atomic E-state index is -0.427. The highest BCUT2D eigenvalue weighted by Gasteiger charge is 2.09. The third kappa shape index (κ3) is 4.53. The Morgan fingerprint density at radius 3 is 2.83 bits per heavy atom. The Morgan fingerprint density at radius 2 is 2.08 bits per heavy atom. The molecule has 3 rings (SSSR count). The SMILES string of the molecule is O=C(OCc1ccc(Cl)nc1)c1cccc(OCc2cscn2)c1. The molecule has 1 aromatic carbocycles. The van der Waals surface area contributed by atoms with Gasteiger partial charge in [-0.1, -0.05) is 23.7 Å². The van der Waals surface area contributed by atoms with Gasteiger partial charge >= 0.3 is 5.97 Å². The largest absolute Gasteiger partial charge is 0.487 e. The molecule has 0 aliphatic heterocycles. The van der Waals surface area contributed by atoms with Crippen molar-refractivity contribution in [2.24, 2.45) is 0 Å². The van der Waals surface area contributed by atoms with Gasteiger partial charge in [-0.2, -0.15) is 0 Å². The Balaban J connectivity index is 1.58. The number of hydrogen-bond donors (Lipinski definition) is 0. The van der Waals surface area contributed by atoms with E-state index in [0.717, 1.165) is 11.3 Å². The van der Waals surface area contributed by atoms with E-state index in [1.165, 1.54) is 11.3 Å². The van der Waals surface area contributed by atoms with Gasteiger partial charge in [-0.3, -0.25) is 0 Å². The second-order valence-corrected chi connectivity index (χ2v) is 5.97. The molecule has 0 saturated heterocycles. The third-order valence-corrected chi connectivity index (χ3v) is 3.96. The van der Waals surface area contributed by atoms with E-state index in [9.17, 15) is 4.79 Å². The molecule has 2 aromatic heterocycles. The van der Waals surface area contributed by atoms with Crippen LogP contribution in [0.5, 0.6) is 5.75 Å². The molecule has 0 unspecified atom stereocenters. The number of esters is 1. The molecular weight excluding hydrogens is 348 g/mol. The van der Waals surface area contributed by atoms with Crippen LogP contribution in [0.1, 0.15) is 21.6 Å². The zero-order valence-corrected chi connectivity index (χ0v) is 14.1. The first-order valence-corrected chi connectivity index (χ1v) is 8.40. The van der Waals surface area contributed by atoms with Crippen LogP contribution >= 0.6 is 22.9 Å².